The molecule has 0 radical (unpaired) electrons. The maximum absolute atomic E-state index is 10.5. The summed E-state index contributed by atoms with van der Waals surface area (Å²) in [6.07, 6.45) is 6.98. The van der Waals surface area contributed by atoms with E-state index in [1.54, 1.807) is 0 Å². The van der Waals surface area contributed by atoms with Crippen LogP contribution in [0.2, 0.25) is 0 Å². The smallest absolute Gasteiger partial charge is 0.545 e. The van der Waals surface area contributed by atoms with E-state index in [4.69, 9.17) is 0 Å². The normalized spacial score (nSPS) is 10.8. The number of carbonyl (C=O) groups excluding carboxylic acids is 2. The minimum Gasteiger partial charge on any atom is -0.545 e. The van der Waals surface area contributed by atoms with E-state index in [1.165, 1.54) is 6.42 Å². The molecule has 0 fully saturated rings. The standard InChI is InChI=1S/C12H20O4.Zn/c1-2-3-4-5-6-7-8-10(12(15)16)9-11(13)14;/h9H,2-8H2,1H3,(H,13,14)(H,15,16);/q;+2/p-2/b10-9-;. The number of rotatable bonds is 9. The van der Waals surface area contributed by atoms with Gasteiger partial charge in [0.1, 0.15) is 0 Å². The second-order valence-corrected chi connectivity index (χ2v) is 3.79. The molecule has 92 valence electrons. The van der Waals surface area contributed by atoms with E-state index in [-0.39, 0.29) is 31.5 Å². The molecule has 0 aliphatic heterocycles. The molecule has 0 aliphatic rings. The van der Waals surface area contributed by atoms with Crippen LogP contribution in [0.15, 0.2) is 11.6 Å². The Bertz CT molecular complexity index is 261. The second kappa shape index (κ2) is 11.8. The molecule has 0 aromatic rings. The van der Waals surface area contributed by atoms with Crippen LogP contribution in [0.25, 0.3) is 0 Å². The number of carboxylic acids is 2. The fourth-order valence-electron chi connectivity index (χ4n) is 1.47. The maximum atomic E-state index is 10.5. The van der Waals surface area contributed by atoms with Gasteiger partial charge in [0.2, 0.25) is 0 Å². The Morgan fingerprint density at radius 3 is 2.00 bits per heavy atom. The van der Waals surface area contributed by atoms with E-state index in [9.17, 15) is 19.8 Å². The van der Waals surface area contributed by atoms with Gasteiger partial charge in [-0.3, -0.25) is 0 Å². The number of unbranched alkanes of at least 4 members (excludes halogenated alkanes) is 5. The van der Waals surface area contributed by atoms with Crippen LogP contribution in [0.4, 0.5) is 0 Å². The fourth-order valence-corrected chi connectivity index (χ4v) is 1.47. The average molecular weight is 292 g/mol. The summed E-state index contributed by atoms with van der Waals surface area (Å²) in [5, 5.41) is 20.7. The molecule has 0 saturated heterocycles. The average Bonchev–Trinajstić information content (AvgIpc) is 2.20. The summed E-state index contributed by atoms with van der Waals surface area (Å²) < 4.78 is 0. The predicted molar refractivity (Wildman–Crippen MR) is 56.1 cm³/mol. The van der Waals surface area contributed by atoms with Crippen molar-refractivity contribution in [3.05, 3.63) is 11.6 Å². The molecule has 0 N–H and O–H groups in total. The summed E-state index contributed by atoms with van der Waals surface area (Å²) in [5.74, 6) is -2.90. The van der Waals surface area contributed by atoms with Crippen LogP contribution in [0, 0.1) is 0 Å². The minimum absolute atomic E-state index is 0. The van der Waals surface area contributed by atoms with Crippen molar-refractivity contribution in [3.8, 4) is 0 Å². The molecule has 0 aromatic carbocycles. The zero-order chi connectivity index (χ0) is 12.4. The van der Waals surface area contributed by atoms with Gasteiger partial charge in [-0.2, -0.15) is 0 Å². The number of carbonyl (C=O) groups is 2. The van der Waals surface area contributed by atoms with Crippen molar-refractivity contribution in [3.63, 3.8) is 0 Å². The van der Waals surface area contributed by atoms with Crippen LogP contribution in [0.3, 0.4) is 0 Å². The Labute approximate surface area is 115 Å². The van der Waals surface area contributed by atoms with Gasteiger partial charge in [-0.1, -0.05) is 39.0 Å². The number of hydrogen-bond donors (Lipinski definition) is 0. The third-order valence-electron chi connectivity index (χ3n) is 2.35. The molecule has 4 nitrogen and oxygen atoms in total. The van der Waals surface area contributed by atoms with E-state index in [2.05, 4.69) is 6.92 Å². The van der Waals surface area contributed by atoms with Gasteiger partial charge in [0, 0.05) is 0 Å². The molecule has 0 heterocycles. The Kier molecular flexibility index (Phi) is 12.9. The molecule has 0 unspecified atom stereocenters. The summed E-state index contributed by atoms with van der Waals surface area (Å²) >= 11 is 0. The topological polar surface area (TPSA) is 80.3 Å². The van der Waals surface area contributed by atoms with Crippen molar-refractivity contribution in [2.75, 3.05) is 0 Å². The van der Waals surface area contributed by atoms with Crippen molar-refractivity contribution in [2.45, 2.75) is 51.9 Å². The maximum Gasteiger partial charge on any atom is 2.00 e. The van der Waals surface area contributed by atoms with Crippen LogP contribution in [0.5, 0.6) is 0 Å². The van der Waals surface area contributed by atoms with Crippen molar-refractivity contribution in [1.29, 1.82) is 0 Å². The van der Waals surface area contributed by atoms with E-state index < -0.39 is 11.9 Å². The van der Waals surface area contributed by atoms with Gasteiger partial charge in [0.15, 0.2) is 0 Å². The SMILES string of the molecule is CCCCCCCC/C(=C/C(=O)[O-])C(=O)[O-].[Zn+2]. The van der Waals surface area contributed by atoms with Crippen LogP contribution >= 0.6 is 0 Å². The summed E-state index contributed by atoms with van der Waals surface area (Å²) in [4.78, 5) is 20.7. The fraction of sp³-hybridized carbons (Fsp3) is 0.667. The minimum atomic E-state index is -1.48. The molecule has 0 bridgehead atoms. The van der Waals surface area contributed by atoms with Gasteiger partial charge in [0.05, 0.1) is 11.9 Å². The summed E-state index contributed by atoms with van der Waals surface area (Å²) in [6, 6.07) is 0. The summed E-state index contributed by atoms with van der Waals surface area (Å²) in [7, 11) is 0. The van der Waals surface area contributed by atoms with Crippen LogP contribution in [-0.2, 0) is 29.1 Å². The molecule has 5 heteroatoms. The van der Waals surface area contributed by atoms with Crippen LogP contribution < -0.4 is 10.2 Å². The summed E-state index contributed by atoms with van der Waals surface area (Å²) in [5.41, 5.74) is -0.185. The molecular weight excluding hydrogens is 274 g/mol. The molecule has 0 amide bonds. The van der Waals surface area contributed by atoms with E-state index in [0.29, 0.717) is 12.5 Å². The first-order valence-electron chi connectivity index (χ1n) is 5.70. The van der Waals surface area contributed by atoms with Gasteiger partial charge in [-0.15, -0.1) is 0 Å². The first-order chi connectivity index (χ1) is 7.57. The van der Waals surface area contributed by atoms with Gasteiger partial charge in [-0.25, -0.2) is 0 Å². The van der Waals surface area contributed by atoms with Crippen molar-refractivity contribution < 1.29 is 39.3 Å². The Morgan fingerprint density at radius 2 is 1.53 bits per heavy atom. The third kappa shape index (κ3) is 11.6. The molecule has 0 aromatic heterocycles. The van der Waals surface area contributed by atoms with Crippen molar-refractivity contribution in [1.82, 2.24) is 0 Å². The van der Waals surface area contributed by atoms with Gasteiger partial charge in [0.25, 0.3) is 0 Å². The Hall–Kier alpha value is -0.697. The first kappa shape index (κ1) is 18.7. The van der Waals surface area contributed by atoms with E-state index in [1.807, 2.05) is 0 Å². The predicted octanol–water partition coefficient (Wildman–Crippen LogP) is 0.161. The van der Waals surface area contributed by atoms with E-state index in [0.717, 1.165) is 25.7 Å². The van der Waals surface area contributed by atoms with Gasteiger partial charge in [-0.05, 0) is 24.5 Å². The molecule has 0 saturated carbocycles. The van der Waals surface area contributed by atoms with Gasteiger partial charge >= 0.3 is 19.5 Å². The molecule has 0 aliphatic carbocycles. The van der Waals surface area contributed by atoms with E-state index >= 15 is 0 Å². The zero-order valence-electron chi connectivity index (χ0n) is 10.4. The molecule has 0 atom stereocenters. The first-order valence-corrected chi connectivity index (χ1v) is 5.70. The molecular formula is C12H18O4Zn. The molecule has 0 spiro atoms. The largest absolute Gasteiger partial charge is 2.00 e. The number of aliphatic carboxylic acids is 2. The number of hydrogen-bond acceptors (Lipinski definition) is 4. The Balaban J connectivity index is 0. The Morgan fingerprint density at radius 1 is 1.00 bits per heavy atom. The molecule has 0 rings (SSSR count). The molecule has 17 heavy (non-hydrogen) atoms. The monoisotopic (exact) mass is 290 g/mol. The van der Waals surface area contributed by atoms with Crippen LogP contribution in [0.1, 0.15) is 51.9 Å². The second-order valence-electron chi connectivity index (χ2n) is 3.79. The zero-order valence-corrected chi connectivity index (χ0v) is 13.3. The quantitative estimate of drug-likeness (QED) is 0.344. The van der Waals surface area contributed by atoms with Gasteiger partial charge < -0.3 is 19.8 Å². The van der Waals surface area contributed by atoms with Crippen LogP contribution in [-0.4, -0.2) is 11.9 Å². The van der Waals surface area contributed by atoms with Crippen molar-refractivity contribution >= 4 is 11.9 Å². The number of carboxylic acid groups (broad SMARTS) is 2. The summed E-state index contributed by atoms with van der Waals surface area (Å²) in [6.45, 7) is 2.12. The third-order valence-corrected chi connectivity index (χ3v) is 2.35. The van der Waals surface area contributed by atoms with Crippen molar-refractivity contribution in [2.24, 2.45) is 0 Å².